The standard InChI is InChI=1S/C10H16N4O6/c1-19-10-13-7(11)4(8(18)14-10)12-9-6(17)5(16)3(15)2-20-9/h3,5-6,9,12,15-17H,2H2,1H3,(H3,11,13,14,18)/t3-,5+,6-,9?/m1/s1. The molecule has 1 aromatic rings. The summed E-state index contributed by atoms with van der Waals surface area (Å²) >= 11 is 0. The van der Waals surface area contributed by atoms with E-state index in [-0.39, 0.29) is 24.1 Å². The molecule has 112 valence electrons. The third kappa shape index (κ3) is 2.67. The second-order valence-corrected chi connectivity index (χ2v) is 4.28. The number of anilines is 2. The highest BCUT2D eigenvalue weighted by molar-refractivity contribution is 5.60. The minimum Gasteiger partial charge on any atom is -0.468 e. The highest BCUT2D eigenvalue weighted by Crippen LogP contribution is 2.19. The molecule has 1 aliphatic rings. The summed E-state index contributed by atoms with van der Waals surface area (Å²) in [5.41, 5.74) is 4.85. The van der Waals surface area contributed by atoms with Gasteiger partial charge in [0.05, 0.1) is 13.7 Å². The maximum atomic E-state index is 11.8. The summed E-state index contributed by atoms with van der Waals surface area (Å²) in [6, 6.07) is -0.0568. The Morgan fingerprint density at radius 2 is 2.15 bits per heavy atom. The minimum atomic E-state index is -1.43. The molecule has 4 atom stereocenters. The molecule has 1 saturated heterocycles. The molecule has 10 heteroatoms. The molecule has 0 aromatic carbocycles. The molecule has 0 bridgehead atoms. The Labute approximate surface area is 113 Å². The van der Waals surface area contributed by atoms with Crippen molar-refractivity contribution in [3.8, 4) is 6.01 Å². The number of nitrogens with two attached hydrogens (primary N) is 1. The lowest BCUT2D eigenvalue weighted by atomic mass is 10.0. The van der Waals surface area contributed by atoms with Gasteiger partial charge in [-0.1, -0.05) is 0 Å². The van der Waals surface area contributed by atoms with Gasteiger partial charge >= 0.3 is 0 Å². The van der Waals surface area contributed by atoms with Crippen molar-refractivity contribution in [2.24, 2.45) is 0 Å². The Morgan fingerprint density at radius 1 is 1.45 bits per heavy atom. The van der Waals surface area contributed by atoms with Crippen LogP contribution in [0.2, 0.25) is 0 Å². The largest absolute Gasteiger partial charge is 0.468 e. The van der Waals surface area contributed by atoms with Crippen molar-refractivity contribution in [2.45, 2.75) is 24.5 Å². The number of aliphatic hydroxyl groups is 3. The van der Waals surface area contributed by atoms with Crippen LogP contribution in [0.3, 0.4) is 0 Å². The summed E-state index contributed by atoms with van der Waals surface area (Å²) < 4.78 is 9.85. The van der Waals surface area contributed by atoms with E-state index in [1.807, 2.05) is 0 Å². The van der Waals surface area contributed by atoms with Crippen LogP contribution < -0.4 is 21.3 Å². The van der Waals surface area contributed by atoms with Gasteiger partial charge in [-0.05, 0) is 0 Å². The van der Waals surface area contributed by atoms with Crippen molar-refractivity contribution >= 4 is 11.5 Å². The summed E-state index contributed by atoms with van der Waals surface area (Å²) in [4.78, 5) is 17.9. The lowest BCUT2D eigenvalue weighted by Crippen LogP contribution is -2.55. The summed E-state index contributed by atoms with van der Waals surface area (Å²) in [5.74, 6) is -0.151. The van der Waals surface area contributed by atoms with Gasteiger partial charge in [0.1, 0.15) is 24.0 Å². The number of H-pyrrole nitrogens is 1. The number of aromatic nitrogens is 2. The van der Waals surface area contributed by atoms with Gasteiger partial charge in [0, 0.05) is 0 Å². The fourth-order valence-corrected chi connectivity index (χ4v) is 1.78. The zero-order valence-electron chi connectivity index (χ0n) is 10.6. The first-order valence-corrected chi connectivity index (χ1v) is 5.80. The minimum absolute atomic E-state index is 0.0568. The smallest absolute Gasteiger partial charge is 0.298 e. The van der Waals surface area contributed by atoms with Crippen molar-refractivity contribution in [2.75, 3.05) is 24.8 Å². The molecule has 0 saturated carbocycles. The molecular formula is C10H16N4O6. The van der Waals surface area contributed by atoms with Crippen molar-refractivity contribution in [1.82, 2.24) is 9.97 Å². The van der Waals surface area contributed by atoms with Crippen LogP contribution in [0, 0.1) is 0 Å². The van der Waals surface area contributed by atoms with E-state index in [4.69, 9.17) is 15.2 Å². The number of methoxy groups -OCH3 is 1. The Morgan fingerprint density at radius 3 is 2.75 bits per heavy atom. The number of nitrogen functional groups attached to an aromatic ring is 1. The zero-order valence-corrected chi connectivity index (χ0v) is 10.6. The van der Waals surface area contributed by atoms with Crippen LogP contribution in [0.15, 0.2) is 4.79 Å². The number of aliphatic hydroxyl groups excluding tert-OH is 3. The van der Waals surface area contributed by atoms with Crippen LogP contribution in [0.5, 0.6) is 6.01 Å². The Bertz CT molecular complexity index is 535. The molecule has 1 unspecified atom stereocenters. The van der Waals surface area contributed by atoms with Crippen LogP contribution in [0.25, 0.3) is 0 Å². The summed E-state index contributed by atoms with van der Waals surface area (Å²) in [6.07, 6.45) is -5.13. The summed E-state index contributed by atoms with van der Waals surface area (Å²) in [7, 11) is 1.32. The third-order valence-electron chi connectivity index (χ3n) is 2.91. The van der Waals surface area contributed by atoms with E-state index >= 15 is 0 Å². The summed E-state index contributed by atoms with van der Waals surface area (Å²) in [5, 5.41) is 31.2. The predicted octanol–water partition coefficient (Wildman–Crippen LogP) is -2.79. The van der Waals surface area contributed by atoms with E-state index in [1.54, 1.807) is 0 Å². The molecule has 1 aromatic heterocycles. The number of hydrogen-bond donors (Lipinski definition) is 6. The molecule has 20 heavy (non-hydrogen) atoms. The van der Waals surface area contributed by atoms with E-state index in [0.717, 1.165) is 0 Å². The Hall–Kier alpha value is -1.88. The molecule has 7 N–H and O–H groups in total. The van der Waals surface area contributed by atoms with Crippen molar-refractivity contribution < 1.29 is 24.8 Å². The number of nitrogens with zero attached hydrogens (tertiary/aromatic N) is 1. The average molecular weight is 288 g/mol. The van der Waals surface area contributed by atoms with E-state index in [0.29, 0.717) is 0 Å². The number of hydrogen-bond acceptors (Lipinski definition) is 9. The van der Waals surface area contributed by atoms with Gasteiger partial charge in [-0.25, -0.2) is 0 Å². The van der Waals surface area contributed by atoms with Gasteiger partial charge in [0.2, 0.25) is 0 Å². The molecule has 0 radical (unpaired) electrons. The number of rotatable bonds is 3. The van der Waals surface area contributed by atoms with Gasteiger partial charge in [0.25, 0.3) is 11.6 Å². The highest BCUT2D eigenvalue weighted by atomic mass is 16.5. The molecule has 0 spiro atoms. The lowest BCUT2D eigenvalue weighted by molar-refractivity contribution is -0.178. The first-order chi connectivity index (χ1) is 9.43. The highest BCUT2D eigenvalue weighted by Gasteiger charge is 2.38. The normalized spacial score (nSPS) is 30.0. The van der Waals surface area contributed by atoms with Crippen LogP contribution in [0.4, 0.5) is 11.5 Å². The van der Waals surface area contributed by atoms with Gasteiger partial charge in [0.15, 0.2) is 12.0 Å². The molecule has 2 heterocycles. The van der Waals surface area contributed by atoms with Crippen LogP contribution in [0.1, 0.15) is 0 Å². The Balaban J connectivity index is 2.20. The second kappa shape index (κ2) is 5.63. The maximum Gasteiger partial charge on any atom is 0.298 e. The first kappa shape index (κ1) is 14.5. The van der Waals surface area contributed by atoms with Gasteiger partial charge in [-0.15, -0.1) is 0 Å². The molecule has 1 aliphatic heterocycles. The van der Waals surface area contributed by atoms with E-state index < -0.39 is 30.1 Å². The van der Waals surface area contributed by atoms with Crippen molar-refractivity contribution in [3.63, 3.8) is 0 Å². The molecule has 10 nitrogen and oxygen atoms in total. The number of ether oxygens (including phenoxy) is 2. The van der Waals surface area contributed by atoms with Crippen LogP contribution in [-0.4, -0.2) is 63.5 Å². The lowest BCUT2D eigenvalue weighted by Gasteiger charge is -2.35. The molecule has 1 fully saturated rings. The molecule has 0 amide bonds. The fourth-order valence-electron chi connectivity index (χ4n) is 1.78. The first-order valence-electron chi connectivity index (χ1n) is 5.80. The third-order valence-corrected chi connectivity index (χ3v) is 2.91. The molecular weight excluding hydrogens is 272 g/mol. The van der Waals surface area contributed by atoms with Crippen LogP contribution >= 0.6 is 0 Å². The fraction of sp³-hybridized carbons (Fsp3) is 0.600. The predicted molar refractivity (Wildman–Crippen MR) is 67.2 cm³/mol. The SMILES string of the molecule is COc1nc(N)c(NC2OC[C@@H](O)[C@H](O)[C@H]2O)c(=O)[nH]1. The average Bonchev–Trinajstić information content (AvgIpc) is 2.42. The van der Waals surface area contributed by atoms with Gasteiger partial charge < -0.3 is 35.8 Å². The zero-order chi connectivity index (χ0) is 14.9. The Kier molecular flexibility index (Phi) is 4.09. The summed E-state index contributed by atoms with van der Waals surface area (Å²) in [6.45, 7) is -0.197. The number of nitrogens with one attached hydrogen (secondary N) is 2. The molecule has 2 rings (SSSR count). The van der Waals surface area contributed by atoms with E-state index in [2.05, 4.69) is 15.3 Å². The van der Waals surface area contributed by atoms with Crippen molar-refractivity contribution in [1.29, 1.82) is 0 Å². The monoisotopic (exact) mass is 288 g/mol. The van der Waals surface area contributed by atoms with Gasteiger partial charge in [-0.2, -0.15) is 4.98 Å². The van der Waals surface area contributed by atoms with Crippen molar-refractivity contribution in [3.05, 3.63) is 10.4 Å². The second-order valence-electron chi connectivity index (χ2n) is 4.28. The maximum absolute atomic E-state index is 11.8. The van der Waals surface area contributed by atoms with E-state index in [9.17, 15) is 20.1 Å². The topological polar surface area (TPSA) is 163 Å². The van der Waals surface area contributed by atoms with Crippen LogP contribution in [-0.2, 0) is 4.74 Å². The van der Waals surface area contributed by atoms with Gasteiger partial charge in [-0.3, -0.25) is 9.78 Å². The quantitative estimate of drug-likeness (QED) is 0.345. The number of aromatic amines is 1. The molecule has 0 aliphatic carbocycles. The van der Waals surface area contributed by atoms with E-state index in [1.165, 1.54) is 7.11 Å².